The van der Waals surface area contributed by atoms with Crippen molar-refractivity contribution in [1.82, 2.24) is 9.88 Å². The van der Waals surface area contributed by atoms with Crippen LogP contribution in [0.15, 0.2) is 47.6 Å². The number of benzene rings is 1. The number of thioether (sulfide) groups is 1. The summed E-state index contributed by atoms with van der Waals surface area (Å²) in [6.45, 7) is 2.30. The number of para-hydroxylation sites is 1. The third-order valence-electron chi connectivity index (χ3n) is 3.98. The summed E-state index contributed by atoms with van der Waals surface area (Å²) in [6, 6.07) is 12.0. The molecule has 5 nitrogen and oxygen atoms in total. The molecule has 1 aromatic heterocycles. The first-order chi connectivity index (χ1) is 12.3. The summed E-state index contributed by atoms with van der Waals surface area (Å²) in [5, 5.41) is 1.07. The van der Waals surface area contributed by atoms with E-state index in [2.05, 4.69) is 16.0 Å². The van der Waals surface area contributed by atoms with Crippen molar-refractivity contribution >= 4 is 16.9 Å². The van der Waals surface area contributed by atoms with Gasteiger partial charge in [-0.1, -0.05) is 30.0 Å². The van der Waals surface area contributed by atoms with Gasteiger partial charge in [-0.25, -0.2) is 0 Å². The van der Waals surface area contributed by atoms with Gasteiger partial charge in [0.25, 0.3) is 0 Å². The number of aliphatic imine (C=N–C) groups is 1. The second-order valence-electron chi connectivity index (χ2n) is 5.70. The summed E-state index contributed by atoms with van der Waals surface area (Å²) in [6.07, 6.45) is 2.96. The van der Waals surface area contributed by atoms with Crippen molar-refractivity contribution in [2.45, 2.75) is 19.5 Å². The van der Waals surface area contributed by atoms with Crippen LogP contribution in [0, 0.1) is 0 Å². The van der Waals surface area contributed by atoms with Gasteiger partial charge in [0.1, 0.15) is 0 Å². The molecule has 0 saturated heterocycles. The summed E-state index contributed by atoms with van der Waals surface area (Å²) in [4.78, 5) is 11.5. The van der Waals surface area contributed by atoms with E-state index in [9.17, 15) is 0 Å². The van der Waals surface area contributed by atoms with Crippen molar-refractivity contribution in [2.24, 2.45) is 4.99 Å². The van der Waals surface area contributed by atoms with Gasteiger partial charge in [0.15, 0.2) is 16.7 Å². The summed E-state index contributed by atoms with van der Waals surface area (Å²) >= 11 is 1.81. The van der Waals surface area contributed by atoms with E-state index >= 15 is 0 Å². The van der Waals surface area contributed by atoms with Gasteiger partial charge in [-0.05, 0) is 24.6 Å². The molecule has 0 saturated carbocycles. The van der Waals surface area contributed by atoms with Gasteiger partial charge in [0.2, 0.25) is 0 Å². The topological polar surface area (TPSA) is 47.0 Å². The molecular weight excluding hydrogens is 334 g/mol. The van der Waals surface area contributed by atoms with E-state index < -0.39 is 0 Å². The molecule has 132 valence electrons. The molecule has 25 heavy (non-hydrogen) atoms. The average molecular weight is 357 g/mol. The number of pyridine rings is 1. The quantitative estimate of drug-likeness (QED) is 0.791. The molecule has 2 heterocycles. The molecule has 0 amide bonds. The van der Waals surface area contributed by atoms with Crippen LogP contribution in [0.5, 0.6) is 11.5 Å². The van der Waals surface area contributed by atoms with Gasteiger partial charge in [0, 0.05) is 30.6 Å². The zero-order valence-electron chi connectivity index (χ0n) is 14.6. The first kappa shape index (κ1) is 17.6. The van der Waals surface area contributed by atoms with Crippen LogP contribution in [-0.4, -0.2) is 41.6 Å². The van der Waals surface area contributed by atoms with Crippen molar-refractivity contribution in [3.05, 3.63) is 53.9 Å². The van der Waals surface area contributed by atoms with Crippen molar-refractivity contribution in [2.75, 3.05) is 26.5 Å². The molecule has 0 fully saturated rings. The second kappa shape index (κ2) is 8.76. The lowest BCUT2D eigenvalue weighted by molar-refractivity contribution is 0.340. The van der Waals surface area contributed by atoms with Gasteiger partial charge in [-0.3, -0.25) is 9.98 Å². The van der Waals surface area contributed by atoms with Gasteiger partial charge in [0.05, 0.1) is 26.5 Å². The molecule has 1 aliphatic rings. The van der Waals surface area contributed by atoms with Crippen LogP contribution in [-0.2, 0) is 13.1 Å². The van der Waals surface area contributed by atoms with Gasteiger partial charge in [-0.15, -0.1) is 0 Å². The third-order valence-corrected chi connectivity index (χ3v) is 5.11. The molecule has 0 spiro atoms. The number of ether oxygens (including phenoxy) is 2. The highest BCUT2D eigenvalue weighted by atomic mass is 32.2. The monoisotopic (exact) mass is 357 g/mol. The Hall–Kier alpha value is -2.21. The summed E-state index contributed by atoms with van der Waals surface area (Å²) in [5.74, 6) is 2.63. The highest BCUT2D eigenvalue weighted by molar-refractivity contribution is 8.13. The minimum atomic E-state index is 0.697. The normalized spacial score (nSPS) is 13.9. The zero-order chi connectivity index (χ0) is 17.5. The molecule has 1 aromatic carbocycles. The van der Waals surface area contributed by atoms with E-state index in [1.165, 1.54) is 0 Å². The predicted octanol–water partition coefficient (Wildman–Crippen LogP) is 3.59. The minimum Gasteiger partial charge on any atom is -0.493 e. The minimum absolute atomic E-state index is 0.697. The molecule has 0 aliphatic carbocycles. The van der Waals surface area contributed by atoms with Gasteiger partial charge < -0.3 is 14.4 Å². The molecule has 0 bridgehead atoms. The number of methoxy groups -OCH3 is 2. The maximum Gasteiger partial charge on any atom is 0.165 e. The van der Waals surface area contributed by atoms with Crippen LogP contribution in [0.4, 0.5) is 0 Å². The predicted molar refractivity (Wildman–Crippen MR) is 102 cm³/mol. The molecule has 0 N–H and O–H groups in total. The molecule has 0 unspecified atom stereocenters. The number of nitrogens with zero attached hydrogens (tertiary/aromatic N) is 3. The molecule has 2 aromatic rings. The second-order valence-corrected chi connectivity index (χ2v) is 6.76. The maximum atomic E-state index is 5.59. The molecule has 3 rings (SSSR count). The standard InChI is InChI=1S/C19H23N3O2S/c1-23-17-9-5-7-15(18(17)24-2)13-22(19-21-11-6-12-25-19)14-16-8-3-4-10-20-16/h3-5,7-10H,6,11-14H2,1-2H3. The number of amidine groups is 1. The number of rotatable bonds is 6. The largest absolute Gasteiger partial charge is 0.493 e. The fourth-order valence-electron chi connectivity index (χ4n) is 2.80. The van der Waals surface area contributed by atoms with Gasteiger partial charge >= 0.3 is 0 Å². The van der Waals surface area contributed by atoms with E-state index in [4.69, 9.17) is 14.5 Å². The third kappa shape index (κ3) is 4.45. The van der Waals surface area contributed by atoms with Crippen molar-refractivity contribution in [3.63, 3.8) is 0 Å². The van der Waals surface area contributed by atoms with E-state index in [0.29, 0.717) is 13.1 Å². The Kier molecular flexibility index (Phi) is 6.17. The average Bonchev–Trinajstić information content (AvgIpc) is 2.68. The van der Waals surface area contributed by atoms with Crippen LogP contribution >= 0.6 is 11.8 Å². The van der Waals surface area contributed by atoms with E-state index in [1.54, 1.807) is 14.2 Å². The lowest BCUT2D eigenvalue weighted by Crippen LogP contribution is -2.30. The Morgan fingerprint density at radius 1 is 1.08 bits per heavy atom. The number of hydrogen-bond donors (Lipinski definition) is 0. The van der Waals surface area contributed by atoms with E-state index in [-0.39, 0.29) is 0 Å². The van der Waals surface area contributed by atoms with Crippen LogP contribution in [0.3, 0.4) is 0 Å². The fourth-order valence-corrected chi connectivity index (χ4v) is 3.75. The Morgan fingerprint density at radius 2 is 2.00 bits per heavy atom. The van der Waals surface area contributed by atoms with Gasteiger partial charge in [-0.2, -0.15) is 0 Å². The molecule has 1 aliphatic heterocycles. The zero-order valence-corrected chi connectivity index (χ0v) is 15.5. The highest BCUT2D eigenvalue weighted by Crippen LogP contribution is 2.32. The molecule has 0 atom stereocenters. The maximum absolute atomic E-state index is 5.59. The lowest BCUT2D eigenvalue weighted by Gasteiger charge is -2.28. The van der Waals surface area contributed by atoms with Crippen LogP contribution in [0.25, 0.3) is 0 Å². The Labute approximate surface area is 153 Å². The first-order valence-electron chi connectivity index (χ1n) is 8.34. The SMILES string of the molecule is COc1cccc(CN(Cc2ccccn2)C2=NCCCS2)c1OC. The van der Waals surface area contributed by atoms with Crippen LogP contribution < -0.4 is 9.47 Å². The lowest BCUT2D eigenvalue weighted by atomic mass is 10.1. The Balaban J connectivity index is 1.88. The summed E-state index contributed by atoms with van der Waals surface area (Å²) < 4.78 is 11.0. The van der Waals surface area contributed by atoms with Crippen molar-refractivity contribution in [1.29, 1.82) is 0 Å². The number of hydrogen-bond acceptors (Lipinski definition) is 6. The van der Waals surface area contributed by atoms with Crippen molar-refractivity contribution < 1.29 is 9.47 Å². The number of aromatic nitrogens is 1. The fraction of sp³-hybridized carbons (Fsp3) is 0.368. The molecule has 0 radical (unpaired) electrons. The van der Waals surface area contributed by atoms with E-state index in [0.717, 1.165) is 46.6 Å². The first-order valence-corrected chi connectivity index (χ1v) is 9.32. The Bertz CT molecular complexity index is 722. The van der Waals surface area contributed by atoms with Crippen molar-refractivity contribution in [3.8, 4) is 11.5 Å². The smallest absolute Gasteiger partial charge is 0.165 e. The van der Waals surface area contributed by atoms with E-state index in [1.807, 2.05) is 48.3 Å². The van der Waals surface area contributed by atoms with Crippen LogP contribution in [0.2, 0.25) is 0 Å². The summed E-state index contributed by atoms with van der Waals surface area (Å²) in [7, 11) is 3.34. The highest BCUT2D eigenvalue weighted by Gasteiger charge is 2.19. The molecule has 6 heteroatoms. The van der Waals surface area contributed by atoms with Crippen LogP contribution in [0.1, 0.15) is 17.7 Å². The Morgan fingerprint density at radius 3 is 2.68 bits per heavy atom. The summed E-state index contributed by atoms with van der Waals surface area (Å²) in [5.41, 5.74) is 2.10. The molecular formula is C19H23N3O2S.